The molecule has 1 aromatic heterocycles. The standard InChI is InChI=1S/C13H14N4O3S2/c1-9-14-15-13(21-9)16-22(19,20)11-6-4-10(5-7-11)17-8-2-3-12(17)18/h4-7H,2-3,8H2,1H3,(H,15,16). The maximum atomic E-state index is 12.3. The van der Waals surface area contributed by atoms with Crippen molar-refractivity contribution in [2.24, 2.45) is 0 Å². The number of sulfonamides is 1. The average molecular weight is 338 g/mol. The molecule has 3 rings (SSSR count). The van der Waals surface area contributed by atoms with Gasteiger partial charge in [-0.25, -0.2) is 8.42 Å². The monoisotopic (exact) mass is 338 g/mol. The quantitative estimate of drug-likeness (QED) is 0.917. The Labute approximate surface area is 132 Å². The van der Waals surface area contributed by atoms with Crippen LogP contribution in [0.15, 0.2) is 29.2 Å². The molecule has 2 heterocycles. The maximum Gasteiger partial charge on any atom is 0.263 e. The molecule has 0 unspecified atom stereocenters. The van der Waals surface area contributed by atoms with Gasteiger partial charge in [-0.1, -0.05) is 11.3 Å². The van der Waals surface area contributed by atoms with E-state index in [2.05, 4.69) is 14.9 Å². The molecule has 0 bridgehead atoms. The Kier molecular flexibility index (Phi) is 3.83. The summed E-state index contributed by atoms with van der Waals surface area (Å²) in [6.07, 6.45) is 1.37. The molecule has 0 spiro atoms. The third-order valence-corrected chi connectivity index (χ3v) is 5.52. The minimum absolute atomic E-state index is 0.0677. The number of nitrogens with one attached hydrogen (secondary N) is 1. The zero-order valence-corrected chi connectivity index (χ0v) is 13.4. The van der Waals surface area contributed by atoms with Crippen LogP contribution in [0.2, 0.25) is 0 Å². The highest BCUT2D eigenvalue weighted by molar-refractivity contribution is 7.93. The predicted octanol–water partition coefficient (Wildman–Crippen LogP) is 1.77. The maximum absolute atomic E-state index is 12.3. The topological polar surface area (TPSA) is 92.3 Å². The molecule has 22 heavy (non-hydrogen) atoms. The summed E-state index contributed by atoms with van der Waals surface area (Å²) in [7, 11) is -3.70. The smallest absolute Gasteiger partial charge is 0.263 e. The zero-order chi connectivity index (χ0) is 15.7. The van der Waals surface area contributed by atoms with Crippen molar-refractivity contribution in [3.05, 3.63) is 29.3 Å². The molecule has 1 aromatic carbocycles. The fourth-order valence-electron chi connectivity index (χ4n) is 2.24. The van der Waals surface area contributed by atoms with Crippen LogP contribution in [0.4, 0.5) is 10.8 Å². The third kappa shape index (κ3) is 2.95. The third-order valence-electron chi connectivity index (χ3n) is 3.28. The first-order chi connectivity index (χ1) is 10.5. The molecule has 1 fully saturated rings. The molecule has 0 saturated carbocycles. The number of hydrogen-bond acceptors (Lipinski definition) is 6. The summed E-state index contributed by atoms with van der Waals surface area (Å²) in [4.78, 5) is 13.5. The van der Waals surface area contributed by atoms with Gasteiger partial charge >= 0.3 is 0 Å². The number of nitrogens with zero attached hydrogens (tertiary/aromatic N) is 3. The van der Waals surface area contributed by atoms with Crippen LogP contribution in [-0.4, -0.2) is 31.1 Å². The summed E-state index contributed by atoms with van der Waals surface area (Å²) in [6, 6.07) is 6.25. The molecule has 116 valence electrons. The number of carbonyl (C=O) groups is 1. The lowest BCUT2D eigenvalue weighted by atomic mass is 10.3. The van der Waals surface area contributed by atoms with Crippen molar-refractivity contribution in [1.29, 1.82) is 0 Å². The number of anilines is 2. The van der Waals surface area contributed by atoms with E-state index in [1.54, 1.807) is 24.0 Å². The van der Waals surface area contributed by atoms with E-state index in [1.807, 2.05) is 0 Å². The van der Waals surface area contributed by atoms with Crippen LogP contribution in [0, 0.1) is 6.92 Å². The van der Waals surface area contributed by atoms with E-state index in [9.17, 15) is 13.2 Å². The highest BCUT2D eigenvalue weighted by Crippen LogP contribution is 2.24. The van der Waals surface area contributed by atoms with Crippen LogP contribution in [0.3, 0.4) is 0 Å². The minimum Gasteiger partial charge on any atom is -0.312 e. The van der Waals surface area contributed by atoms with Crippen LogP contribution < -0.4 is 9.62 Å². The Balaban J connectivity index is 1.81. The average Bonchev–Trinajstić information content (AvgIpc) is 3.07. The lowest BCUT2D eigenvalue weighted by molar-refractivity contribution is -0.117. The number of carbonyl (C=O) groups excluding carboxylic acids is 1. The molecule has 1 N–H and O–H groups in total. The number of hydrogen-bond donors (Lipinski definition) is 1. The zero-order valence-electron chi connectivity index (χ0n) is 11.8. The summed E-state index contributed by atoms with van der Waals surface area (Å²) in [5, 5.41) is 8.42. The van der Waals surface area contributed by atoms with E-state index in [0.29, 0.717) is 23.7 Å². The van der Waals surface area contributed by atoms with Crippen molar-refractivity contribution >= 4 is 38.1 Å². The van der Waals surface area contributed by atoms with Crippen molar-refractivity contribution < 1.29 is 13.2 Å². The van der Waals surface area contributed by atoms with Gasteiger partial charge in [0.15, 0.2) is 0 Å². The van der Waals surface area contributed by atoms with Crippen molar-refractivity contribution in [2.45, 2.75) is 24.7 Å². The molecule has 0 atom stereocenters. The van der Waals surface area contributed by atoms with E-state index in [1.165, 1.54) is 23.5 Å². The summed E-state index contributed by atoms with van der Waals surface area (Å²) in [5.41, 5.74) is 0.716. The van der Waals surface area contributed by atoms with Crippen molar-refractivity contribution in [1.82, 2.24) is 10.2 Å². The Morgan fingerprint density at radius 1 is 1.23 bits per heavy atom. The molecule has 9 heteroatoms. The molecule has 1 aliphatic heterocycles. The van der Waals surface area contributed by atoms with Gasteiger partial charge in [0.05, 0.1) is 4.90 Å². The van der Waals surface area contributed by atoms with Gasteiger partial charge in [-0.3, -0.25) is 9.52 Å². The molecule has 0 aliphatic carbocycles. The van der Waals surface area contributed by atoms with Gasteiger partial charge in [0.2, 0.25) is 11.0 Å². The number of aryl methyl sites for hydroxylation is 1. The normalized spacial score (nSPS) is 15.3. The number of aromatic nitrogens is 2. The second-order valence-electron chi connectivity index (χ2n) is 4.87. The van der Waals surface area contributed by atoms with Gasteiger partial charge in [-0.15, -0.1) is 10.2 Å². The largest absolute Gasteiger partial charge is 0.312 e. The van der Waals surface area contributed by atoms with Crippen LogP contribution in [0.1, 0.15) is 17.8 Å². The van der Waals surface area contributed by atoms with E-state index >= 15 is 0 Å². The van der Waals surface area contributed by atoms with Gasteiger partial charge in [0, 0.05) is 18.7 Å². The van der Waals surface area contributed by atoms with Gasteiger partial charge in [0.25, 0.3) is 10.0 Å². The molecule has 1 saturated heterocycles. The molecule has 2 aromatic rings. The second-order valence-corrected chi connectivity index (χ2v) is 7.74. The summed E-state index contributed by atoms with van der Waals surface area (Å²) in [6.45, 7) is 2.42. The van der Waals surface area contributed by atoms with Crippen molar-refractivity contribution in [2.75, 3.05) is 16.2 Å². The van der Waals surface area contributed by atoms with Crippen LogP contribution >= 0.6 is 11.3 Å². The second kappa shape index (κ2) is 5.65. The van der Waals surface area contributed by atoms with Gasteiger partial charge < -0.3 is 4.90 Å². The number of benzene rings is 1. The van der Waals surface area contributed by atoms with Crippen molar-refractivity contribution in [3.8, 4) is 0 Å². The molecule has 1 aliphatic rings. The van der Waals surface area contributed by atoms with Crippen LogP contribution in [0.5, 0.6) is 0 Å². The molecular formula is C13H14N4O3S2. The Hall–Kier alpha value is -2.00. The molecular weight excluding hydrogens is 324 g/mol. The molecule has 0 radical (unpaired) electrons. The molecule has 1 amide bonds. The lowest BCUT2D eigenvalue weighted by Crippen LogP contribution is -2.23. The predicted molar refractivity (Wildman–Crippen MR) is 83.5 cm³/mol. The first-order valence-corrected chi connectivity index (χ1v) is 8.99. The van der Waals surface area contributed by atoms with Gasteiger partial charge in [-0.2, -0.15) is 0 Å². The van der Waals surface area contributed by atoms with E-state index in [0.717, 1.165) is 6.42 Å². The first kappa shape index (κ1) is 14.9. The van der Waals surface area contributed by atoms with E-state index in [-0.39, 0.29) is 15.9 Å². The molecule has 7 nitrogen and oxygen atoms in total. The Bertz CT molecular complexity index is 799. The minimum atomic E-state index is -3.70. The van der Waals surface area contributed by atoms with E-state index in [4.69, 9.17) is 0 Å². The van der Waals surface area contributed by atoms with E-state index < -0.39 is 10.0 Å². The lowest BCUT2D eigenvalue weighted by Gasteiger charge is -2.15. The van der Waals surface area contributed by atoms with Crippen LogP contribution in [-0.2, 0) is 14.8 Å². The highest BCUT2D eigenvalue weighted by Gasteiger charge is 2.22. The van der Waals surface area contributed by atoms with Gasteiger partial charge in [0.1, 0.15) is 5.01 Å². The Morgan fingerprint density at radius 2 is 1.95 bits per heavy atom. The number of amides is 1. The summed E-state index contributed by atoms with van der Waals surface area (Å²) >= 11 is 1.17. The number of rotatable bonds is 4. The summed E-state index contributed by atoms with van der Waals surface area (Å²) in [5.74, 6) is 0.0677. The first-order valence-electron chi connectivity index (χ1n) is 6.69. The Morgan fingerprint density at radius 3 is 2.50 bits per heavy atom. The van der Waals surface area contributed by atoms with Gasteiger partial charge in [-0.05, 0) is 37.6 Å². The summed E-state index contributed by atoms with van der Waals surface area (Å²) < 4.78 is 26.9. The van der Waals surface area contributed by atoms with Crippen LogP contribution in [0.25, 0.3) is 0 Å². The fraction of sp³-hybridized carbons (Fsp3) is 0.308. The fourth-order valence-corrected chi connectivity index (χ4v) is 4.06. The van der Waals surface area contributed by atoms with Crippen molar-refractivity contribution in [3.63, 3.8) is 0 Å². The SMILES string of the molecule is Cc1nnc(NS(=O)(=O)c2ccc(N3CCCC3=O)cc2)s1. The highest BCUT2D eigenvalue weighted by atomic mass is 32.2.